The van der Waals surface area contributed by atoms with Crippen LogP contribution < -0.4 is 5.32 Å². The van der Waals surface area contributed by atoms with E-state index in [2.05, 4.69) is 5.32 Å². The lowest BCUT2D eigenvalue weighted by molar-refractivity contribution is -0.113. The average Bonchev–Trinajstić information content (AvgIpc) is 2.36. The van der Waals surface area contributed by atoms with Gasteiger partial charge in [0.25, 0.3) is 0 Å². The standard InChI is InChI=1S/C12H14N2O2S/c1-9(7-15)17-8-12(16)14-11-4-2-3-10(5-11)6-13/h2-5,9,15H,7-8H2,1H3,(H,14,16). The molecule has 0 saturated carbocycles. The van der Waals surface area contributed by atoms with Gasteiger partial charge in [-0.2, -0.15) is 5.26 Å². The van der Waals surface area contributed by atoms with Crippen molar-refractivity contribution in [3.8, 4) is 6.07 Å². The van der Waals surface area contributed by atoms with Crippen LogP contribution in [-0.4, -0.2) is 28.6 Å². The van der Waals surface area contributed by atoms with Crippen molar-refractivity contribution in [2.24, 2.45) is 0 Å². The number of hydrogen-bond donors (Lipinski definition) is 2. The topological polar surface area (TPSA) is 73.1 Å². The van der Waals surface area contributed by atoms with E-state index in [4.69, 9.17) is 10.4 Å². The van der Waals surface area contributed by atoms with Gasteiger partial charge in [0.05, 0.1) is 24.0 Å². The predicted octanol–water partition coefficient (Wildman–Crippen LogP) is 1.61. The van der Waals surface area contributed by atoms with Crippen LogP contribution in [0.3, 0.4) is 0 Å². The highest BCUT2D eigenvalue weighted by Gasteiger charge is 2.06. The maximum Gasteiger partial charge on any atom is 0.234 e. The number of aliphatic hydroxyl groups excluding tert-OH is 1. The van der Waals surface area contributed by atoms with Gasteiger partial charge in [-0.15, -0.1) is 11.8 Å². The van der Waals surface area contributed by atoms with Gasteiger partial charge in [0.1, 0.15) is 0 Å². The fourth-order valence-corrected chi connectivity index (χ4v) is 1.75. The number of carbonyl (C=O) groups is 1. The van der Waals surface area contributed by atoms with E-state index in [1.807, 2.05) is 13.0 Å². The number of amides is 1. The Morgan fingerprint density at radius 2 is 2.41 bits per heavy atom. The van der Waals surface area contributed by atoms with Gasteiger partial charge in [-0.3, -0.25) is 4.79 Å². The molecule has 1 amide bonds. The number of nitrogens with zero attached hydrogens (tertiary/aromatic N) is 1. The molecule has 0 saturated heterocycles. The fourth-order valence-electron chi connectivity index (χ4n) is 1.13. The zero-order valence-electron chi connectivity index (χ0n) is 9.51. The molecule has 90 valence electrons. The molecule has 4 nitrogen and oxygen atoms in total. The van der Waals surface area contributed by atoms with Crippen molar-refractivity contribution in [3.05, 3.63) is 29.8 Å². The first-order valence-electron chi connectivity index (χ1n) is 5.18. The Morgan fingerprint density at radius 1 is 1.65 bits per heavy atom. The first-order chi connectivity index (χ1) is 8.15. The largest absolute Gasteiger partial charge is 0.395 e. The number of nitriles is 1. The number of benzene rings is 1. The lowest BCUT2D eigenvalue weighted by Gasteiger charge is -2.08. The zero-order valence-corrected chi connectivity index (χ0v) is 10.3. The normalized spacial score (nSPS) is 11.6. The van der Waals surface area contributed by atoms with Crippen molar-refractivity contribution in [3.63, 3.8) is 0 Å². The van der Waals surface area contributed by atoms with Crippen LogP contribution in [0.5, 0.6) is 0 Å². The molecule has 1 aromatic rings. The molecule has 1 atom stereocenters. The number of thioether (sulfide) groups is 1. The van der Waals surface area contributed by atoms with Crippen LogP contribution in [0.2, 0.25) is 0 Å². The highest BCUT2D eigenvalue weighted by Crippen LogP contribution is 2.12. The molecule has 1 unspecified atom stereocenters. The number of anilines is 1. The van der Waals surface area contributed by atoms with Crippen molar-refractivity contribution >= 4 is 23.4 Å². The molecular weight excluding hydrogens is 236 g/mol. The monoisotopic (exact) mass is 250 g/mol. The Bertz CT molecular complexity index is 429. The van der Waals surface area contributed by atoms with Crippen LogP contribution in [0.4, 0.5) is 5.69 Å². The molecule has 0 aliphatic carbocycles. The highest BCUT2D eigenvalue weighted by molar-refractivity contribution is 8.00. The van der Waals surface area contributed by atoms with Crippen molar-refractivity contribution in [2.75, 3.05) is 17.7 Å². The van der Waals surface area contributed by atoms with Crippen molar-refractivity contribution < 1.29 is 9.90 Å². The molecule has 0 fully saturated rings. The summed E-state index contributed by atoms with van der Waals surface area (Å²) in [6.45, 7) is 1.91. The van der Waals surface area contributed by atoms with Gasteiger partial charge in [-0.1, -0.05) is 13.0 Å². The summed E-state index contributed by atoms with van der Waals surface area (Å²) >= 11 is 1.39. The van der Waals surface area contributed by atoms with E-state index in [1.165, 1.54) is 11.8 Å². The fraction of sp³-hybridized carbons (Fsp3) is 0.333. The quantitative estimate of drug-likeness (QED) is 0.832. The summed E-state index contributed by atoms with van der Waals surface area (Å²) < 4.78 is 0. The smallest absolute Gasteiger partial charge is 0.234 e. The second-order valence-electron chi connectivity index (χ2n) is 3.54. The molecule has 0 aliphatic heterocycles. The van der Waals surface area contributed by atoms with Gasteiger partial charge >= 0.3 is 0 Å². The first-order valence-corrected chi connectivity index (χ1v) is 6.23. The molecular formula is C12H14N2O2S. The molecule has 1 aromatic carbocycles. The summed E-state index contributed by atoms with van der Waals surface area (Å²) in [5.74, 6) is 0.156. The summed E-state index contributed by atoms with van der Waals surface area (Å²) in [5, 5.41) is 20.3. The highest BCUT2D eigenvalue weighted by atomic mass is 32.2. The van der Waals surface area contributed by atoms with Crippen LogP contribution in [0.25, 0.3) is 0 Å². The molecule has 0 spiro atoms. The van der Waals surface area contributed by atoms with E-state index in [9.17, 15) is 4.79 Å². The summed E-state index contributed by atoms with van der Waals surface area (Å²) in [6.07, 6.45) is 0. The van der Waals surface area contributed by atoms with Crippen molar-refractivity contribution in [1.29, 1.82) is 5.26 Å². The molecule has 5 heteroatoms. The van der Waals surface area contributed by atoms with Crippen LogP contribution in [0.15, 0.2) is 24.3 Å². The Labute approximate surface area is 105 Å². The average molecular weight is 250 g/mol. The van der Waals surface area contributed by atoms with Crippen LogP contribution in [0.1, 0.15) is 12.5 Å². The summed E-state index contributed by atoms with van der Waals surface area (Å²) in [4.78, 5) is 11.5. The van der Waals surface area contributed by atoms with E-state index >= 15 is 0 Å². The third-order valence-electron chi connectivity index (χ3n) is 2.03. The number of aliphatic hydroxyl groups is 1. The minimum Gasteiger partial charge on any atom is -0.395 e. The maximum atomic E-state index is 11.5. The molecule has 17 heavy (non-hydrogen) atoms. The third-order valence-corrected chi connectivity index (χ3v) is 3.18. The minimum absolute atomic E-state index is 0.0474. The van der Waals surface area contributed by atoms with Crippen molar-refractivity contribution in [1.82, 2.24) is 0 Å². The number of hydrogen-bond acceptors (Lipinski definition) is 4. The SMILES string of the molecule is CC(CO)SCC(=O)Nc1cccc(C#N)c1. The first kappa shape index (κ1) is 13.6. The van der Waals surface area contributed by atoms with E-state index in [1.54, 1.807) is 24.3 Å². The van der Waals surface area contributed by atoms with Crippen LogP contribution >= 0.6 is 11.8 Å². The second-order valence-corrected chi connectivity index (χ2v) is 4.97. The van der Waals surface area contributed by atoms with Gasteiger partial charge in [0.15, 0.2) is 0 Å². The van der Waals surface area contributed by atoms with Gasteiger partial charge in [0.2, 0.25) is 5.91 Å². The Morgan fingerprint density at radius 3 is 3.06 bits per heavy atom. The summed E-state index contributed by atoms with van der Waals surface area (Å²) in [5.41, 5.74) is 1.13. The molecule has 1 rings (SSSR count). The molecule has 0 bridgehead atoms. The summed E-state index contributed by atoms with van der Waals surface area (Å²) in [6, 6.07) is 8.77. The molecule has 0 aromatic heterocycles. The predicted molar refractivity (Wildman–Crippen MR) is 68.8 cm³/mol. The van der Waals surface area contributed by atoms with Crippen molar-refractivity contribution in [2.45, 2.75) is 12.2 Å². The van der Waals surface area contributed by atoms with Crippen LogP contribution in [-0.2, 0) is 4.79 Å². The lowest BCUT2D eigenvalue weighted by atomic mass is 10.2. The Hall–Kier alpha value is -1.51. The molecule has 0 radical (unpaired) electrons. The zero-order chi connectivity index (χ0) is 12.7. The Balaban J connectivity index is 2.48. The van der Waals surface area contributed by atoms with Crippen LogP contribution in [0, 0.1) is 11.3 Å². The van der Waals surface area contributed by atoms with E-state index in [-0.39, 0.29) is 17.8 Å². The van der Waals surface area contributed by atoms with Gasteiger partial charge in [0, 0.05) is 10.9 Å². The van der Waals surface area contributed by atoms with Gasteiger partial charge in [-0.25, -0.2) is 0 Å². The minimum atomic E-state index is -0.134. The second kappa shape index (κ2) is 6.94. The number of rotatable bonds is 5. The number of carbonyl (C=O) groups excluding carboxylic acids is 1. The number of nitrogens with one attached hydrogen (secondary N) is 1. The maximum absolute atomic E-state index is 11.5. The van der Waals surface area contributed by atoms with E-state index in [0.717, 1.165) is 0 Å². The third kappa shape index (κ3) is 4.89. The Kier molecular flexibility index (Phi) is 5.53. The molecule has 0 aliphatic rings. The van der Waals surface area contributed by atoms with E-state index < -0.39 is 0 Å². The summed E-state index contributed by atoms with van der Waals surface area (Å²) in [7, 11) is 0. The lowest BCUT2D eigenvalue weighted by Crippen LogP contribution is -2.16. The molecule has 2 N–H and O–H groups in total. The van der Waals surface area contributed by atoms with Gasteiger partial charge in [-0.05, 0) is 18.2 Å². The molecule has 0 heterocycles. The van der Waals surface area contributed by atoms with Gasteiger partial charge < -0.3 is 10.4 Å². The van der Waals surface area contributed by atoms with E-state index in [0.29, 0.717) is 17.0 Å².